The Kier molecular flexibility index (Phi) is 4.52. The lowest BCUT2D eigenvalue weighted by Gasteiger charge is -2.18. The number of likely N-dealkylation sites (tertiary alicyclic amines) is 1. The van der Waals surface area contributed by atoms with Crippen molar-refractivity contribution in [2.75, 3.05) is 18.8 Å². The zero-order chi connectivity index (χ0) is 16.7. The van der Waals surface area contributed by atoms with Gasteiger partial charge in [0, 0.05) is 23.4 Å². The number of aryl methyl sites for hydroxylation is 2. The molecule has 6 heteroatoms. The summed E-state index contributed by atoms with van der Waals surface area (Å²) in [4.78, 5) is 26.3. The molecule has 4 nitrogen and oxygen atoms in total. The topological polar surface area (TPSA) is 46.1 Å². The molecule has 2 aliphatic rings. The standard InChI is InChI=1S/C18H23N3OS2/c1-11-5-6-13-14(9-11)24-18-16(13)17(19-12(2)20-18)23-10-15(22)21-7-3-4-8-21/h11H,3-10H2,1-2H3/t11-/m0/s1. The molecule has 3 heterocycles. The molecule has 2 aromatic rings. The monoisotopic (exact) mass is 361 g/mol. The summed E-state index contributed by atoms with van der Waals surface area (Å²) in [6, 6.07) is 0. The number of carbonyl (C=O) groups excluding carboxylic acids is 1. The molecule has 0 radical (unpaired) electrons. The van der Waals surface area contributed by atoms with Crippen LogP contribution in [0.4, 0.5) is 0 Å². The third-order valence-corrected chi connectivity index (χ3v) is 7.13. The predicted octanol–water partition coefficient (Wildman–Crippen LogP) is 3.84. The van der Waals surface area contributed by atoms with E-state index in [2.05, 4.69) is 16.9 Å². The fourth-order valence-corrected chi connectivity index (χ4v) is 6.20. The van der Waals surface area contributed by atoms with Crippen molar-refractivity contribution in [3.8, 4) is 0 Å². The number of hydrogen-bond acceptors (Lipinski definition) is 5. The third kappa shape index (κ3) is 3.06. The number of hydrogen-bond donors (Lipinski definition) is 0. The number of fused-ring (bicyclic) bond motifs is 3. The normalized spacial score (nSPS) is 20.6. The van der Waals surface area contributed by atoms with Gasteiger partial charge in [0.2, 0.25) is 5.91 Å². The minimum Gasteiger partial charge on any atom is -0.342 e. The maximum absolute atomic E-state index is 12.4. The second-order valence-corrected chi connectivity index (χ2v) is 9.03. The lowest BCUT2D eigenvalue weighted by Crippen LogP contribution is -2.29. The van der Waals surface area contributed by atoms with E-state index >= 15 is 0 Å². The summed E-state index contributed by atoms with van der Waals surface area (Å²) < 4.78 is 0. The first-order valence-corrected chi connectivity index (χ1v) is 10.6. The van der Waals surface area contributed by atoms with Crippen LogP contribution in [-0.2, 0) is 17.6 Å². The molecular weight excluding hydrogens is 338 g/mol. The van der Waals surface area contributed by atoms with E-state index in [1.54, 1.807) is 11.8 Å². The molecule has 24 heavy (non-hydrogen) atoms. The Morgan fingerprint density at radius 2 is 2.12 bits per heavy atom. The van der Waals surface area contributed by atoms with Crippen LogP contribution in [0.3, 0.4) is 0 Å². The molecule has 1 aliphatic carbocycles. The second-order valence-electron chi connectivity index (χ2n) is 6.98. The zero-order valence-electron chi connectivity index (χ0n) is 14.3. The highest BCUT2D eigenvalue weighted by Gasteiger charge is 2.25. The van der Waals surface area contributed by atoms with Gasteiger partial charge in [-0.3, -0.25) is 4.79 Å². The van der Waals surface area contributed by atoms with Crippen molar-refractivity contribution in [2.24, 2.45) is 5.92 Å². The van der Waals surface area contributed by atoms with Crippen LogP contribution >= 0.6 is 23.1 Å². The molecule has 1 amide bonds. The molecule has 0 unspecified atom stereocenters. The summed E-state index contributed by atoms with van der Waals surface area (Å²) in [5.41, 5.74) is 1.45. The molecule has 0 bridgehead atoms. The SMILES string of the molecule is Cc1nc(SCC(=O)N2CCCC2)c2c3c(sc2n1)C[C@@H](C)CC3. The van der Waals surface area contributed by atoms with Crippen LogP contribution in [0.1, 0.15) is 42.5 Å². The van der Waals surface area contributed by atoms with Crippen LogP contribution in [0.15, 0.2) is 5.03 Å². The molecule has 128 valence electrons. The van der Waals surface area contributed by atoms with Crippen molar-refractivity contribution in [1.29, 1.82) is 0 Å². The van der Waals surface area contributed by atoms with E-state index in [9.17, 15) is 4.79 Å². The van der Waals surface area contributed by atoms with Gasteiger partial charge in [0.15, 0.2) is 0 Å². The van der Waals surface area contributed by atoms with Crippen molar-refractivity contribution < 1.29 is 4.79 Å². The smallest absolute Gasteiger partial charge is 0.232 e. The number of aromatic nitrogens is 2. The van der Waals surface area contributed by atoms with Gasteiger partial charge in [-0.1, -0.05) is 18.7 Å². The fourth-order valence-electron chi connectivity index (χ4n) is 3.70. The molecule has 4 rings (SSSR count). The average Bonchev–Trinajstić information content (AvgIpc) is 3.18. The van der Waals surface area contributed by atoms with Crippen molar-refractivity contribution >= 4 is 39.2 Å². The minimum absolute atomic E-state index is 0.250. The highest BCUT2D eigenvalue weighted by atomic mass is 32.2. The lowest BCUT2D eigenvalue weighted by atomic mass is 9.89. The molecule has 0 spiro atoms. The predicted molar refractivity (Wildman–Crippen MR) is 99.9 cm³/mol. The number of nitrogens with zero attached hydrogens (tertiary/aromatic N) is 3. The largest absolute Gasteiger partial charge is 0.342 e. The first kappa shape index (κ1) is 16.3. The molecule has 1 atom stereocenters. The van der Waals surface area contributed by atoms with E-state index in [0.29, 0.717) is 5.75 Å². The summed E-state index contributed by atoms with van der Waals surface area (Å²) in [6.07, 6.45) is 5.80. The third-order valence-electron chi connectivity index (χ3n) is 5.02. The number of carbonyl (C=O) groups is 1. The Bertz CT molecular complexity index is 780. The van der Waals surface area contributed by atoms with Gasteiger partial charge in [0.05, 0.1) is 5.75 Å². The minimum atomic E-state index is 0.250. The van der Waals surface area contributed by atoms with Crippen LogP contribution in [-0.4, -0.2) is 39.6 Å². The van der Waals surface area contributed by atoms with E-state index < -0.39 is 0 Å². The Balaban J connectivity index is 1.63. The van der Waals surface area contributed by atoms with Crippen LogP contribution in [0, 0.1) is 12.8 Å². The average molecular weight is 362 g/mol. The van der Waals surface area contributed by atoms with Gasteiger partial charge in [0.1, 0.15) is 15.7 Å². The van der Waals surface area contributed by atoms with Crippen molar-refractivity contribution in [3.05, 3.63) is 16.3 Å². The quantitative estimate of drug-likeness (QED) is 0.615. The van der Waals surface area contributed by atoms with Crippen molar-refractivity contribution in [2.45, 2.75) is 51.0 Å². The Morgan fingerprint density at radius 1 is 1.33 bits per heavy atom. The maximum Gasteiger partial charge on any atom is 0.232 e. The summed E-state index contributed by atoms with van der Waals surface area (Å²) >= 11 is 3.43. The lowest BCUT2D eigenvalue weighted by molar-refractivity contribution is -0.127. The fraction of sp³-hybridized carbons (Fsp3) is 0.611. The van der Waals surface area contributed by atoms with E-state index in [4.69, 9.17) is 0 Å². The number of rotatable bonds is 3. The molecule has 1 fully saturated rings. The van der Waals surface area contributed by atoms with Gasteiger partial charge in [-0.2, -0.15) is 0 Å². The van der Waals surface area contributed by atoms with Gasteiger partial charge in [-0.15, -0.1) is 11.3 Å². The number of amides is 1. The van der Waals surface area contributed by atoms with Crippen LogP contribution in [0.5, 0.6) is 0 Å². The summed E-state index contributed by atoms with van der Waals surface area (Å²) in [7, 11) is 0. The van der Waals surface area contributed by atoms with E-state index in [-0.39, 0.29) is 5.91 Å². The van der Waals surface area contributed by atoms with Crippen molar-refractivity contribution in [3.63, 3.8) is 0 Å². The molecule has 1 saturated heterocycles. The van der Waals surface area contributed by atoms with Crippen molar-refractivity contribution in [1.82, 2.24) is 14.9 Å². The maximum atomic E-state index is 12.4. The highest BCUT2D eigenvalue weighted by molar-refractivity contribution is 8.00. The number of thiophene rings is 1. The van der Waals surface area contributed by atoms with Gasteiger partial charge >= 0.3 is 0 Å². The molecule has 0 N–H and O–H groups in total. The molecule has 0 saturated carbocycles. The summed E-state index contributed by atoms with van der Waals surface area (Å²) in [5.74, 6) is 2.31. The Labute approximate surface area is 151 Å². The first-order chi connectivity index (χ1) is 11.6. The van der Waals surface area contributed by atoms with Gasteiger partial charge < -0.3 is 4.90 Å². The van der Waals surface area contributed by atoms with Gasteiger partial charge in [0.25, 0.3) is 0 Å². The Morgan fingerprint density at radius 3 is 2.92 bits per heavy atom. The van der Waals surface area contributed by atoms with Gasteiger partial charge in [-0.05, 0) is 50.5 Å². The van der Waals surface area contributed by atoms with Gasteiger partial charge in [-0.25, -0.2) is 9.97 Å². The number of thioether (sulfide) groups is 1. The summed E-state index contributed by atoms with van der Waals surface area (Å²) in [6.45, 7) is 6.12. The molecule has 0 aromatic carbocycles. The second kappa shape index (κ2) is 6.64. The van der Waals surface area contributed by atoms with E-state index in [0.717, 1.165) is 60.4 Å². The van der Waals surface area contributed by atoms with Crippen LogP contribution in [0.2, 0.25) is 0 Å². The first-order valence-electron chi connectivity index (χ1n) is 8.81. The summed E-state index contributed by atoms with van der Waals surface area (Å²) in [5, 5.41) is 2.24. The highest BCUT2D eigenvalue weighted by Crippen LogP contribution is 2.40. The Hall–Kier alpha value is -1.14. The molecular formula is C18H23N3OS2. The molecule has 2 aromatic heterocycles. The van der Waals surface area contributed by atoms with Crippen LogP contribution in [0.25, 0.3) is 10.2 Å². The molecule has 1 aliphatic heterocycles. The van der Waals surface area contributed by atoms with Crippen LogP contribution < -0.4 is 0 Å². The van der Waals surface area contributed by atoms with E-state index in [1.807, 2.05) is 23.2 Å². The van der Waals surface area contributed by atoms with E-state index in [1.165, 1.54) is 22.2 Å². The zero-order valence-corrected chi connectivity index (χ0v) is 15.9.